The molecule has 3 heterocycles. The van der Waals surface area contributed by atoms with Crippen molar-refractivity contribution < 1.29 is 24.1 Å². The van der Waals surface area contributed by atoms with E-state index in [4.69, 9.17) is 18.9 Å². The second kappa shape index (κ2) is 5.45. The van der Waals surface area contributed by atoms with Crippen LogP contribution in [0.1, 0.15) is 18.5 Å². The Bertz CT molecular complexity index is 1140. The molecule has 0 aromatic heterocycles. The Labute approximate surface area is 161 Å². The molecule has 142 valence electrons. The van der Waals surface area contributed by atoms with Crippen molar-refractivity contribution in [2.75, 3.05) is 25.5 Å². The zero-order valence-corrected chi connectivity index (χ0v) is 15.6. The number of ether oxygens (including phenoxy) is 4. The van der Waals surface area contributed by atoms with Gasteiger partial charge in [0.1, 0.15) is 0 Å². The van der Waals surface area contributed by atoms with E-state index < -0.39 is 6.10 Å². The van der Waals surface area contributed by atoms with Gasteiger partial charge in [0.05, 0.1) is 17.8 Å². The minimum atomic E-state index is -0.600. The molecule has 3 aliphatic rings. The van der Waals surface area contributed by atoms with Crippen LogP contribution >= 0.6 is 0 Å². The van der Waals surface area contributed by atoms with Crippen LogP contribution in [0.2, 0.25) is 0 Å². The van der Waals surface area contributed by atoms with E-state index in [1.54, 1.807) is 0 Å². The highest BCUT2D eigenvalue weighted by molar-refractivity contribution is 6.05. The third kappa shape index (κ3) is 1.95. The van der Waals surface area contributed by atoms with Gasteiger partial charge in [0.15, 0.2) is 23.0 Å². The van der Waals surface area contributed by atoms with Crippen molar-refractivity contribution >= 4 is 16.5 Å². The van der Waals surface area contributed by atoms with Gasteiger partial charge in [-0.1, -0.05) is 12.1 Å². The predicted octanol–water partition coefficient (Wildman–Crippen LogP) is 3.84. The van der Waals surface area contributed by atoms with E-state index in [0.717, 1.165) is 56.1 Å². The maximum absolute atomic E-state index is 10.7. The predicted molar refractivity (Wildman–Crippen MR) is 104 cm³/mol. The lowest BCUT2D eigenvalue weighted by Gasteiger charge is -2.40. The van der Waals surface area contributed by atoms with E-state index >= 15 is 0 Å². The number of hydrogen-bond donors (Lipinski definition) is 1. The molecule has 6 rings (SSSR count). The maximum Gasteiger partial charge on any atom is 0.231 e. The molecule has 3 aromatic rings. The van der Waals surface area contributed by atoms with Gasteiger partial charge in [-0.15, -0.1) is 0 Å². The zero-order chi connectivity index (χ0) is 19.0. The lowest BCUT2D eigenvalue weighted by Crippen LogP contribution is -2.35. The van der Waals surface area contributed by atoms with E-state index in [1.165, 1.54) is 0 Å². The molecule has 0 aliphatic carbocycles. The number of anilines is 1. The lowest BCUT2D eigenvalue weighted by molar-refractivity contribution is 0.154. The molecule has 0 radical (unpaired) electrons. The highest BCUT2D eigenvalue weighted by atomic mass is 16.7. The summed E-state index contributed by atoms with van der Waals surface area (Å²) in [5, 5.41) is 12.8. The van der Waals surface area contributed by atoms with Gasteiger partial charge in [-0.05, 0) is 42.1 Å². The summed E-state index contributed by atoms with van der Waals surface area (Å²) in [5.41, 5.74) is 4.19. The minimum absolute atomic E-state index is 0.204. The SMILES string of the molecule is C[C@H](O)[C@@H]1c2c(ccc3c2OCO3)-c2ccc3cc4c(cc3c2N1C)OCO4. The number of nitrogens with zero attached hydrogens (tertiary/aromatic N) is 1. The van der Waals surface area contributed by atoms with Crippen molar-refractivity contribution in [1.29, 1.82) is 0 Å². The van der Waals surface area contributed by atoms with Crippen LogP contribution in [0.3, 0.4) is 0 Å². The van der Waals surface area contributed by atoms with Gasteiger partial charge in [-0.2, -0.15) is 0 Å². The summed E-state index contributed by atoms with van der Waals surface area (Å²) in [6.45, 7) is 2.26. The van der Waals surface area contributed by atoms with Crippen LogP contribution in [0.5, 0.6) is 23.0 Å². The topological polar surface area (TPSA) is 60.4 Å². The summed E-state index contributed by atoms with van der Waals surface area (Å²) in [7, 11) is 2.01. The first-order chi connectivity index (χ1) is 13.6. The van der Waals surface area contributed by atoms with Gasteiger partial charge < -0.3 is 29.0 Å². The molecule has 2 atom stereocenters. The summed E-state index contributed by atoms with van der Waals surface area (Å²) >= 11 is 0. The molecule has 0 amide bonds. The number of aliphatic hydroxyl groups excluding tert-OH is 1. The standard InChI is InChI=1S/C22H19NO5/c1-11(24)20-19-13(5-6-16-22(19)28-10-25-16)14-4-3-12-7-17-18(27-9-26-17)8-15(12)21(14)23(20)2/h3-8,11,20,24H,9-10H2,1-2H3/t11-,20+/m0/s1. The minimum Gasteiger partial charge on any atom is -0.454 e. The number of rotatable bonds is 1. The fraction of sp³-hybridized carbons (Fsp3) is 0.273. The summed E-state index contributed by atoms with van der Waals surface area (Å²) in [6.07, 6.45) is -0.600. The third-order valence-electron chi connectivity index (χ3n) is 5.88. The third-order valence-corrected chi connectivity index (χ3v) is 5.88. The van der Waals surface area contributed by atoms with Crippen LogP contribution in [0.25, 0.3) is 21.9 Å². The van der Waals surface area contributed by atoms with Gasteiger partial charge in [-0.25, -0.2) is 0 Å². The lowest BCUT2D eigenvalue weighted by atomic mass is 9.84. The Hall–Kier alpha value is -3.12. The summed E-state index contributed by atoms with van der Waals surface area (Å²) < 4.78 is 22.5. The van der Waals surface area contributed by atoms with E-state index in [2.05, 4.69) is 23.1 Å². The van der Waals surface area contributed by atoms with Crippen LogP contribution in [0.4, 0.5) is 5.69 Å². The van der Waals surface area contributed by atoms with Crippen LogP contribution in [0, 0.1) is 0 Å². The summed E-state index contributed by atoms with van der Waals surface area (Å²) in [4.78, 5) is 2.13. The molecular formula is C22H19NO5. The van der Waals surface area contributed by atoms with Crippen molar-refractivity contribution in [3.8, 4) is 34.1 Å². The number of likely N-dealkylation sites (N-methyl/N-ethyl adjacent to an activating group) is 1. The summed E-state index contributed by atoms with van der Waals surface area (Å²) in [5.74, 6) is 2.97. The Kier molecular flexibility index (Phi) is 3.09. The van der Waals surface area contributed by atoms with Crippen LogP contribution in [-0.4, -0.2) is 31.8 Å². The second-order valence-corrected chi connectivity index (χ2v) is 7.45. The Morgan fingerprint density at radius 2 is 1.64 bits per heavy atom. The molecule has 3 aromatic carbocycles. The second-order valence-electron chi connectivity index (χ2n) is 7.45. The van der Waals surface area contributed by atoms with E-state index in [1.807, 2.05) is 32.2 Å². The number of aliphatic hydroxyl groups is 1. The van der Waals surface area contributed by atoms with Gasteiger partial charge in [0.25, 0.3) is 0 Å². The molecule has 0 saturated carbocycles. The Morgan fingerprint density at radius 1 is 0.929 bits per heavy atom. The fourth-order valence-corrected chi connectivity index (χ4v) is 4.72. The molecule has 28 heavy (non-hydrogen) atoms. The summed E-state index contributed by atoms with van der Waals surface area (Å²) in [6, 6.07) is 12.0. The van der Waals surface area contributed by atoms with Crippen LogP contribution in [-0.2, 0) is 0 Å². The molecule has 0 fully saturated rings. The fourth-order valence-electron chi connectivity index (χ4n) is 4.72. The number of hydrogen-bond acceptors (Lipinski definition) is 6. The molecule has 6 nitrogen and oxygen atoms in total. The monoisotopic (exact) mass is 377 g/mol. The quantitative estimate of drug-likeness (QED) is 0.695. The van der Waals surface area contributed by atoms with Crippen LogP contribution < -0.4 is 23.8 Å². The Balaban J connectivity index is 1.69. The average Bonchev–Trinajstić information content (AvgIpc) is 3.34. The van der Waals surface area contributed by atoms with Crippen molar-refractivity contribution in [1.82, 2.24) is 0 Å². The van der Waals surface area contributed by atoms with Gasteiger partial charge in [-0.3, -0.25) is 0 Å². The Morgan fingerprint density at radius 3 is 2.46 bits per heavy atom. The van der Waals surface area contributed by atoms with Gasteiger partial charge in [0, 0.05) is 23.6 Å². The molecule has 0 unspecified atom stereocenters. The molecule has 0 spiro atoms. The van der Waals surface area contributed by atoms with Crippen molar-refractivity contribution in [2.45, 2.75) is 19.1 Å². The molecule has 1 N–H and O–H groups in total. The van der Waals surface area contributed by atoms with E-state index in [0.29, 0.717) is 0 Å². The molecule has 0 saturated heterocycles. The van der Waals surface area contributed by atoms with Crippen molar-refractivity contribution in [2.24, 2.45) is 0 Å². The number of benzene rings is 3. The number of fused-ring (bicyclic) bond motifs is 8. The first-order valence-electron chi connectivity index (χ1n) is 9.33. The van der Waals surface area contributed by atoms with E-state index in [9.17, 15) is 5.11 Å². The molecular weight excluding hydrogens is 358 g/mol. The zero-order valence-electron chi connectivity index (χ0n) is 15.6. The van der Waals surface area contributed by atoms with Gasteiger partial charge in [0.2, 0.25) is 13.6 Å². The largest absolute Gasteiger partial charge is 0.454 e. The van der Waals surface area contributed by atoms with Gasteiger partial charge >= 0.3 is 0 Å². The first-order valence-corrected chi connectivity index (χ1v) is 9.33. The van der Waals surface area contributed by atoms with Crippen LogP contribution in [0.15, 0.2) is 36.4 Å². The first kappa shape index (κ1) is 15.9. The molecule has 6 heteroatoms. The highest BCUT2D eigenvalue weighted by Gasteiger charge is 2.38. The smallest absolute Gasteiger partial charge is 0.231 e. The highest BCUT2D eigenvalue weighted by Crippen LogP contribution is 2.55. The normalized spacial score (nSPS) is 19.5. The average molecular weight is 377 g/mol. The molecule has 3 aliphatic heterocycles. The van der Waals surface area contributed by atoms with Crippen molar-refractivity contribution in [3.63, 3.8) is 0 Å². The van der Waals surface area contributed by atoms with Crippen molar-refractivity contribution in [3.05, 3.63) is 42.0 Å². The maximum atomic E-state index is 10.7. The molecule has 0 bridgehead atoms. The van der Waals surface area contributed by atoms with E-state index in [-0.39, 0.29) is 19.6 Å².